The molecule has 5 N–H and O–H groups in total. The van der Waals surface area contributed by atoms with Gasteiger partial charge in [0.25, 0.3) is 0 Å². The van der Waals surface area contributed by atoms with Gasteiger partial charge in [-0.25, -0.2) is 4.39 Å². The van der Waals surface area contributed by atoms with Crippen molar-refractivity contribution in [2.24, 2.45) is 10.9 Å². The molecular formula is C15H22FN3O2. The number of hydrogen-bond acceptors (Lipinski definition) is 4. The molecule has 0 aliphatic heterocycles. The molecule has 5 nitrogen and oxygen atoms in total. The summed E-state index contributed by atoms with van der Waals surface area (Å²) >= 11 is 0. The number of nitrogens with two attached hydrogens (primary N) is 1. The molecule has 0 unspecified atom stereocenters. The Hall–Kier alpha value is -1.66. The van der Waals surface area contributed by atoms with Crippen LogP contribution < -0.4 is 11.1 Å². The second kappa shape index (κ2) is 6.87. The number of rotatable bonds is 5. The molecule has 0 spiro atoms. The summed E-state index contributed by atoms with van der Waals surface area (Å²) in [6.45, 7) is 0.355. The summed E-state index contributed by atoms with van der Waals surface area (Å²) in [4.78, 5) is 0. The largest absolute Gasteiger partial charge is 0.409 e. The van der Waals surface area contributed by atoms with Gasteiger partial charge in [0.15, 0.2) is 5.84 Å². The minimum absolute atomic E-state index is 0.0501. The minimum atomic E-state index is -0.496. The second-order valence-electron chi connectivity index (χ2n) is 5.62. The van der Waals surface area contributed by atoms with Crippen molar-refractivity contribution in [2.45, 2.75) is 44.2 Å². The van der Waals surface area contributed by atoms with Gasteiger partial charge in [0.05, 0.1) is 12.2 Å². The summed E-state index contributed by atoms with van der Waals surface area (Å²) in [5, 5.41) is 24.4. The number of aliphatic hydroxyl groups excluding tert-OH is 1. The molecule has 0 heterocycles. The topological polar surface area (TPSA) is 90.9 Å². The Balaban J connectivity index is 2.13. The highest BCUT2D eigenvalue weighted by atomic mass is 19.1. The number of oxime groups is 1. The maximum Gasteiger partial charge on any atom is 0.173 e. The lowest BCUT2D eigenvalue weighted by Crippen LogP contribution is -2.49. The van der Waals surface area contributed by atoms with Gasteiger partial charge in [-0.2, -0.15) is 0 Å². The highest BCUT2D eigenvalue weighted by molar-refractivity contribution is 5.97. The summed E-state index contributed by atoms with van der Waals surface area (Å²) in [6.07, 6.45) is 5.10. The third-order valence-corrected chi connectivity index (χ3v) is 4.23. The van der Waals surface area contributed by atoms with Crippen LogP contribution in [0.25, 0.3) is 0 Å². The van der Waals surface area contributed by atoms with Crippen molar-refractivity contribution in [2.75, 3.05) is 6.61 Å². The predicted octanol–water partition coefficient (Wildman–Crippen LogP) is 1.70. The highest BCUT2D eigenvalue weighted by Crippen LogP contribution is 2.28. The zero-order valence-corrected chi connectivity index (χ0v) is 12.0. The summed E-state index contributed by atoms with van der Waals surface area (Å²) < 4.78 is 14.3. The molecule has 1 fully saturated rings. The van der Waals surface area contributed by atoms with Crippen LogP contribution in [0.2, 0.25) is 0 Å². The van der Waals surface area contributed by atoms with Gasteiger partial charge in [-0.1, -0.05) is 36.6 Å². The molecule has 1 aliphatic rings. The van der Waals surface area contributed by atoms with Crippen molar-refractivity contribution >= 4 is 5.84 Å². The maximum atomic E-state index is 14.3. The van der Waals surface area contributed by atoms with E-state index >= 15 is 0 Å². The first-order valence-corrected chi connectivity index (χ1v) is 7.23. The van der Waals surface area contributed by atoms with Gasteiger partial charge >= 0.3 is 0 Å². The third kappa shape index (κ3) is 3.51. The lowest BCUT2D eigenvalue weighted by Gasteiger charge is -2.36. The van der Waals surface area contributed by atoms with E-state index in [0.717, 1.165) is 25.7 Å². The smallest absolute Gasteiger partial charge is 0.173 e. The SMILES string of the molecule is N/C(=N/O)c1cccc(CNC2(CO)CCCCC2)c1F. The van der Waals surface area contributed by atoms with E-state index < -0.39 is 5.82 Å². The molecule has 1 aliphatic carbocycles. The molecule has 0 bridgehead atoms. The molecule has 0 amide bonds. The molecule has 2 rings (SSSR count). The fourth-order valence-corrected chi connectivity index (χ4v) is 2.87. The normalized spacial score (nSPS) is 18.7. The maximum absolute atomic E-state index is 14.3. The van der Waals surface area contributed by atoms with Gasteiger partial charge in [0.2, 0.25) is 0 Å². The van der Waals surface area contributed by atoms with E-state index in [-0.39, 0.29) is 23.5 Å². The van der Waals surface area contributed by atoms with E-state index in [9.17, 15) is 9.50 Å². The van der Waals surface area contributed by atoms with Crippen LogP contribution >= 0.6 is 0 Å². The molecule has 0 saturated heterocycles. The van der Waals surface area contributed by atoms with Crippen molar-refractivity contribution in [3.8, 4) is 0 Å². The number of nitrogens with zero attached hydrogens (tertiary/aromatic N) is 1. The van der Waals surface area contributed by atoms with Crippen LogP contribution in [-0.4, -0.2) is 28.3 Å². The van der Waals surface area contributed by atoms with Crippen molar-refractivity contribution in [3.05, 3.63) is 35.1 Å². The number of amidine groups is 1. The van der Waals surface area contributed by atoms with Crippen LogP contribution in [0.1, 0.15) is 43.2 Å². The van der Waals surface area contributed by atoms with E-state index in [1.807, 2.05) is 0 Å². The van der Waals surface area contributed by atoms with Crippen LogP contribution in [0.5, 0.6) is 0 Å². The lowest BCUT2D eigenvalue weighted by molar-refractivity contribution is 0.119. The summed E-state index contributed by atoms with van der Waals surface area (Å²) in [6, 6.07) is 4.79. The zero-order chi connectivity index (χ0) is 15.3. The fraction of sp³-hybridized carbons (Fsp3) is 0.533. The van der Waals surface area contributed by atoms with Crippen LogP contribution in [-0.2, 0) is 6.54 Å². The average molecular weight is 295 g/mol. The summed E-state index contributed by atoms with van der Waals surface area (Å²) in [5.74, 6) is -0.743. The van der Waals surface area contributed by atoms with E-state index in [2.05, 4.69) is 10.5 Å². The standard InChI is InChI=1S/C15H22FN3O2/c16-13-11(5-4-6-12(13)14(17)19-21)9-18-15(10-20)7-2-1-3-8-15/h4-6,18,20-21H,1-3,7-10H2,(H2,17,19). The van der Waals surface area contributed by atoms with E-state index in [0.29, 0.717) is 12.1 Å². The molecule has 0 aromatic heterocycles. The first-order chi connectivity index (χ1) is 10.1. The Kier molecular flexibility index (Phi) is 5.14. The second-order valence-corrected chi connectivity index (χ2v) is 5.62. The Bertz CT molecular complexity index is 514. The molecule has 21 heavy (non-hydrogen) atoms. The zero-order valence-electron chi connectivity index (χ0n) is 12.0. The molecular weight excluding hydrogens is 273 g/mol. The van der Waals surface area contributed by atoms with Crippen LogP contribution in [0.3, 0.4) is 0 Å². The third-order valence-electron chi connectivity index (χ3n) is 4.23. The predicted molar refractivity (Wildman–Crippen MR) is 78.7 cm³/mol. The fourth-order valence-electron chi connectivity index (χ4n) is 2.87. The molecule has 1 aromatic carbocycles. The van der Waals surface area contributed by atoms with E-state index in [1.165, 1.54) is 12.5 Å². The lowest BCUT2D eigenvalue weighted by atomic mass is 9.82. The Labute approximate surface area is 123 Å². The van der Waals surface area contributed by atoms with Crippen molar-refractivity contribution in [1.29, 1.82) is 0 Å². The van der Waals surface area contributed by atoms with Crippen molar-refractivity contribution in [1.82, 2.24) is 5.32 Å². The Morgan fingerprint density at radius 3 is 2.67 bits per heavy atom. The van der Waals surface area contributed by atoms with E-state index in [1.54, 1.807) is 12.1 Å². The first-order valence-electron chi connectivity index (χ1n) is 7.23. The van der Waals surface area contributed by atoms with Crippen LogP contribution in [0.15, 0.2) is 23.4 Å². The molecule has 116 valence electrons. The average Bonchev–Trinajstić information content (AvgIpc) is 2.54. The van der Waals surface area contributed by atoms with Gasteiger partial charge in [-0.05, 0) is 18.9 Å². The summed E-state index contributed by atoms with van der Waals surface area (Å²) in [5.41, 5.74) is 5.66. The van der Waals surface area contributed by atoms with Gasteiger partial charge < -0.3 is 21.4 Å². The number of benzene rings is 1. The molecule has 6 heteroatoms. The van der Waals surface area contributed by atoms with Crippen molar-refractivity contribution < 1.29 is 14.7 Å². The number of nitrogens with one attached hydrogen (secondary N) is 1. The molecule has 1 saturated carbocycles. The van der Waals surface area contributed by atoms with Crippen LogP contribution in [0.4, 0.5) is 4.39 Å². The minimum Gasteiger partial charge on any atom is -0.409 e. The number of hydrogen-bond donors (Lipinski definition) is 4. The quantitative estimate of drug-likeness (QED) is 0.288. The number of aliphatic hydroxyl groups is 1. The summed E-state index contributed by atoms with van der Waals surface area (Å²) in [7, 11) is 0. The van der Waals surface area contributed by atoms with Gasteiger partial charge in [0.1, 0.15) is 5.82 Å². The molecule has 0 atom stereocenters. The van der Waals surface area contributed by atoms with Crippen LogP contribution in [0, 0.1) is 5.82 Å². The van der Waals surface area contributed by atoms with Gasteiger partial charge in [-0.3, -0.25) is 0 Å². The van der Waals surface area contributed by atoms with Gasteiger partial charge in [0, 0.05) is 17.6 Å². The molecule has 0 radical (unpaired) electrons. The number of halogens is 1. The monoisotopic (exact) mass is 295 g/mol. The Morgan fingerprint density at radius 2 is 2.05 bits per heavy atom. The van der Waals surface area contributed by atoms with Gasteiger partial charge in [-0.15, -0.1) is 0 Å². The highest BCUT2D eigenvalue weighted by Gasteiger charge is 2.30. The Morgan fingerprint density at radius 1 is 1.33 bits per heavy atom. The first kappa shape index (κ1) is 15.7. The van der Waals surface area contributed by atoms with Crippen molar-refractivity contribution in [3.63, 3.8) is 0 Å². The molecule has 1 aromatic rings. The van der Waals surface area contributed by atoms with E-state index in [4.69, 9.17) is 10.9 Å².